The van der Waals surface area contributed by atoms with Crippen LogP contribution in [0.1, 0.15) is 5.56 Å². The van der Waals surface area contributed by atoms with Gasteiger partial charge in [0.15, 0.2) is 0 Å². The number of anilines is 1. The van der Waals surface area contributed by atoms with Crippen LogP contribution >= 0.6 is 11.6 Å². The van der Waals surface area contributed by atoms with Crippen molar-refractivity contribution in [3.63, 3.8) is 0 Å². The van der Waals surface area contributed by atoms with Crippen molar-refractivity contribution in [2.45, 2.75) is 12.5 Å². The second-order valence-electron chi connectivity index (χ2n) is 6.94. The number of benzene rings is 3. The van der Waals surface area contributed by atoms with Gasteiger partial charge >= 0.3 is 5.97 Å². The first-order valence-corrected chi connectivity index (χ1v) is 9.66. The fourth-order valence-corrected chi connectivity index (χ4v) is 3.59. The van der Waals surface area contributed by atoms with E-state index in [4.69, 9.17) is 16.3 Å². The first-order valence-electron chi connectivity index (χ1n) is 9.29. The third-order valence-electron chi connectivity index (χ3n) is 4.94. The number of rotatable bonds is 6. The molecule has 0 bridgehead atoms. The van der Waals surface area contributed by atoms with Crippen LogP contribution in [-0.2, 0) is 11.2 Å². The second-order valence-corrected chi connectivity index (χ2v) is 7.37. The normalized spacial score (nSPS) is 12.1. The summed E-state index contributed by atoms with van der Waals surface area (Å²) in [5.41, 5.74) is 2.80. The van der Waals surface area contributed by atoms with Gasteiger partial charge in [-0.2, -0.15) is 0 Å². The maximum absolute atomic E-state index is 12.1. The minimum absolute atomic E-state index is 0.133. The molecule has 0 unspecified atom stereocenters. The van der Waals surface area contributed by atoms with Crippen LogP contribution < -0.4 is 10.1 Å². The quantitative estimate of drug-likeness (QED) is 0.384. The number of hydrogen-bond donors (Lipinski definition) is 3. The molecule has 3 N–H and O–H groups in total. The fraction of sp³-hybridized carbons (Fsp3) is 0.130. The van der Waals surface area contributed by atoms with E-state index in [1.165, 1.54) is 0 Å². The standard InChI is InChI=1S/C23H19ClN2O4/c1-30-16-7-9-19-18(12-16)22(17-8-4-14(24)11-20(17)25-19)26-21(23(28)29)10-13-2-5-15(27)6-3-13/h2-9,11-12,21,27H,10H2,1H3,(H,25,26)(H,28,29)/t21-/m0/s1. The number of halogens is 1. The van der Waals surface area contributed by atoms with E-state index in [1.807, 2.05) is 18.2 Å². The van der Waals surface area contributed by atoms with Gasteiger partial charge in [0.05, 0.1) is 23.8 Å². The van der Waals surface area contributed by atoms with Gasteiger partial charge in [0.2, 0.25) is 0 Å². The number of phenols is 1. The summed E-state index contributed by atoms with van der Waals surface area (Å²) in [6.45, 7) is 0. The van der Waals surface area contributed by atoms with E-state index in [0.717, 1.165) is 16.3 Å². The average molecular weight is 423 g/mol. The van der Waals surface area contributed by atoms with Crippen LogP contribution in [0.15, 0.2) is 60.7 Å². The highest BCUT2D eigenvalue weighted by atomic mass is 35.5. The summed E-state index contributed by atoms with van der Waals surface area (Å²) in [6.07, 6.45) is 0.235. The number of ether oxygens (including phenoxy) is 1. The van der Waals surface area contributed by atoms with Crippen molar-refractivity contribution in [2.75, 3.05) is 12.4 Å². The molecule has 0 saturated heterocycles. The zero-order chi connectivity index (χ0) is 21.3. The number of aliphatic carboxylic acids is 1. The predicted octanol–water partition coefficient (Wildman–Crippen LogP) is 4.86. The number of phenolic OH excluding ortho intramolecular Hbond substituents is 1. The minimum atomic E-state index is -0.988. The van der Waals surface area contributed by atoms with Crippen molar-refractivity contribution in [2.24, 2.45) is 0 Å². The molecule has 3 aromatic carbocycles. The number of fused-ring (bicyclic) bond motifs is 2. The van der Waals surface area contributed by atoms with Crippen LogP contribution in [0.4, 0.5) is 5.69 Å². The Labute approximate surface area is 177 Å². The SMILES string of the molecule is COc1ccc2nc3cc(Cl)ccc3c(N[C@@H](Cc3ccc(O)cc3)C(=O)O)c2c1. The molecule has 0 radical (unpaired) electrons. The lowest BCUT2D eigenvalue weighted by Gasteiger charge is -2.20. The third kappa shape index (κ3) is 3.95. The van der Waals surface area contributed by atoms with Gasteiger partial charge in [-0.1, -0.05) is 23.7 Å². The maximum Gasteiger partial charge on any atom is 0.326 e. The first kappa shape index (κ1) is 19.8. The Kier molecular flexibility index (Phi) is 5.33. The largest absolute Gasteiger partial charge is 0.508 e. The number of pyridine rings is 1. The topological polar surface area (TPSA) is 91.7 Å². The van der Waals surface area contributed by atoms with Crippen molar-refractivity contribution < 1.29 is 19.7 Å². The van der Waals surface area contributed by atoms with Gasteiger partial charge in [0.25, 0.3) is 0 Å². The zero-order valence-electron chi connectivity index (χ0n) is 16.1. The molecule has 152 valence electrons. The number of nitrogens with zero attached hydrogens (tertiary/aromatic N) is 1. The van der Waals surface area contributed by atoms with Crippen molar-refractivity contribution in [1.29, 1.82) is 0 Å². The molecule has 4 rings (SSSR count). The average Bonchev–Trinajstić information content (AvgIpc) is 2.73. The highest BCUT2D eigenvalue weighted by Crippen LogP contribution is 2.35. The molecule has 1 aromatic heterocycles. The van der Waals surface area contributed by atoms with Gasteiger partial charge in [-0.25, -0.2) is 9.78 Å². The molecule has 1 atom stereocenters. The molecule has 0 fully saturated rings. The molecular weight excluding hydrogens is 404 g/mol. The fourth-order valence-electron chi connectivity index (χ4n) is 3.42. The summed E-state index contributed by atoms with van der Waals surface area (Å²) < 4.78 is 5.35. The van der Waals surface area contributed by atoms with Gasteiger partial charge in [-0.3, -0.25) is 0 Å². The Hall–Kier alpha value is -3.51. The first-order chi connectivity index (χ1) is 14.4. The molecule has 0 saturated carbocycles. The van der Waals surface area contributed by atoms with Crippen LogP contribution in [0.5, 0.6) is 11.5 Å². The zero-order valence-corrected chi connectivity index (χ0v) is 16.8. The summed E-state index contributed by atoms with van der Waals surface area (Å²) in [7, 11) is 1.58. The Morgan fingerprint density at radius 1 is 1.07 bits per heavy atom. The predicted molar refractivity (Wildman–Crippen MR) is 118 cm³/mol. The Bertz CT molecular complexity index is 1240. The van der Waals surface area contributed by atoms with Gasteiger partial charge in [-0.15, -0.1) is 0 Å². The molecule has 6 nitrogen and oxygen atoms in total. The number of carboxylic acids is 1. The summed E-state index contributed by atoms with van der Waals surface area (Å²) in [5, 5.41) is 24.6. The highest BCUT2D eigenvalue weighted by Gasteiger charge is 2.21. The Morgan fingerprint density at radius 3 is 2.53 bits per heavy atom. The lowest BCUT2D eigenvalue weighted by molar-refractivity contribution is -0.137. The van der Waals surface area contributed by atoms with Gasteiger partial charge in [0.1, 0.15) is 17.5 Å². The van der Waals surface area contributed by atoms with Crippen LogP contribution in [0.25, 0.3) is 21.8 Å². The summed E-state index contributed by atoms with van der Waals surface area (Å²) >= 11 is 6.15. The number of carboxylic acid groups (broad SMARTS) is 1. The van der Waals surface area contributed by atoms with Gasteiger partial charge in [-0.05, 0) is 54.1 Å². The smallest absolute Gasteiger partial charge is 0.326 e. The summed E-state index contributed by atoms with van der Waals surface area (Å²) in [6, 6.07) is 16.4. The molecule has 0 spiro atoms. The van der Waals surface area contributed by atoms with E-state index >= 15 is 0 Å². The van der Waals surface area contributed by atoms with Crippen LogP contribution in [0.3, 0.4) is 0 Å². The molecule has 4 aromatic rings. The van der Waals surface area contributed by atoms with Crippen LogP contribution in [0, 0.1) is 0 Å². The summed E-state index contributed by atoms with van der Waals surface area (Å²) in [4.78, 5) is 16.7. The van der Waals surface area contributed by atoms with E-state index in [0.29, 0.717) is 27.5 Å². The van der Waals surface area contributed by atoms with Crippen molar-refractivity contribution in [3.05, 3.63) is 71.2 Å². The molecule has 30 heavy (non-hydrogen) atoms. The minimum Gasteiger partial charge on any atom is -0.508 e. The molecule has 0 aliphatic carbocycles. The van der Waals surface area contributed by atoms with Crippen LogP contribution in [-0.4, -0.2) is 34.3 Å². The van der Waals surface area contributed by atoms with Crippen LogP contribution in [0.2, 0.25) is 5.02 Å². The monoisotopic (exact) mass is 422 g/mol. The number of hydrogen-bond acceptors (Lipinski definition) is 5. The number of methoxy groups -OCH3 is 1. The third-order valence-corrected chi connectivity index (χ3v) is 5.17. The van der Waals surface area contributed by atoms with Crippen molar-refractivity contribution in [1.82, 2.24) is 4.98 Å². The number of aromatic nitrogens is 1. The second kappa shape index (κ2) is 8.08. The lowest BCUT2D eigenvalue weighted by Crippen LogP contribution is -2.31. The lowest BCUT2D eigenvalue weighted by atomic mass is 10.0. The van der Waals surface area contributed by atoms with E-state index in [1.54, 1.807) is 49.6 Å². The molecule has 0 amide bonds. The van der Waals surface area contributed by atoms with E-state index in [2.05, 4.69) is 10.3 Å². The Balaban J connectivity index is 1.84. The molecular formula is C23H19ClN2O4. The van der Waals surface area contributed by atoms with Crippen molar-refractivity contribution >= 4 is 45.1 Å². The van der Waals surface area contributed by atoms with Gasteiger partial charge < -0.3 is 20.3 Å². The summed E-state index contributed by atoms with van der Waals surface area (Å²) in [5.74, 6) is -0.210. The van der Waals surface area contributed by atoms with E-state index in [9.17, 15) is 15.0 Å². The number of aromatic hydroxyl groups is 1. The van der Waals surface area contributed by atoms with Gasteiger partial charge in [0, 0.05) is 22.2 Å². The number of carbonyl (C=O) groups is 1. The van der Waals surface area contributed by atoms with E-state index in [-0.39, 0.29) is 12.2 Å². The van der Waals surface area contributed by atoms with E-state index < -0.39 is 12.0 Å². The molecule has 0 aliphatic rings. The molecule has 0 aliphatic heterocycles. The maximum atomic E-state index is 12.1. The molecule has 1 heterocycles. The number of nitrogens with one attached hydrogen (secondary N) is 1. The molecule has 7 heteroatoms. The van der Waals surface area contributed by atoms with Crippen molar-refractivity contribution in [3.8, 4) is 11.5 Å². The Morgan fingerprint density at radius 2 is 1.83 bits per heavy atom. The highest BCUT2D eigenvalue weighted by molar-refractivity contribution is 6.31.